The fraction of sp³-hybridized carbons (Fsp3) is 0.138. The van der Waals surface area contributed by atoms with Crippen LogP contribution in [0.4, 0.5) is 0 Å². The highest BCUT2D eigenvalue weighted by molar-refractivity contribution is 6.46. The molecule has 0 unspecified atom stereocenters. The second-order valence-corrected chi connectivity index (χ2v) is 8.31. The number of carbonyl (C=O) groups excluding carboxylic acids is 2. The second-order valence-electron chi connectivity index (χ2n) is 8.31. The summed E-state index contributed by atoms with van der Waals surface area (Å²) in [6, 6.07) is 23.3. The molecule has 1 amide bonds. The van der Waals surface area contributed by atoms with Crippen molar-refractivity contribution in [2.24, 2.45) is 0 Å². The number of ketones is 1. The van der Waals surface area contributed by atoms with Crippen LogP contribution in [0.2, 0.25) is 0 Å². The van der Waals surface area contributed by atoms with Crippen LogP contribution < -0.4 is 4.74 Å². The van der Waals surface area contributed by atoms with E-state index in [1.54, 1.807) is 42.7 Å². The Kier molecular flexibility index (Phi) is 6.02. The number of nitrogens with zero attached hydrogens (tertiary/aromatic N) is 2. The van der Waals surface area contributed by atoms with Gasteiger partial charge in [0, 0.05) is 24.5 Å². The highest BCUT2D eigenvalue weighted by Crippen LogP contribution is 2.42. The summed E-state index contributed by atoms with van der Waals surface area (Å²) in [6.07, 6.45) is 3.33. The number of aromatic nitrogens is 1. The first-order valence-corrected chi connectivity index (χ1v) is 11.5. The number of aliphatic hydroxyl groups is 1. The Labute approximate surface area is 203 Å². The van der Waals surface area contributed by atoms with Gasteiger partial charge in [-0.2, -0.15) is 0 Å². The maximum atomic E-state index is 13.4. The molecule has 5 rings (SSSR count). The standard InChI is InChI=1S/C29H24N2O4/c1-2-35-22-14-12-21(13-15-22)27(32)25-26(24-11-5-9-20-8-3-4-10-23(20)24)31(29(34)28(25)33)18-19-7-6-16-30-17-19/h3-17,26,32H,2,18H2,1H3/b27-25+/t26-/m0/s1. The van der Waals surface area contributed by atoms with Gasteiger partial charge >= 0.3 is 0 Å². The van der Waals surface area contributed by atoms with E-state index in [1.807, 2.05) is 55.5 Å². The number of aliphatic hydroxyl groups excluding tert-OH is 1. The van der Waals surface area contributed by atoms with E-state index in [9.17, 15) is 14.7 Å². The van der Waals surface area contributed by atoms with Gasteiger partial charge in [0.05, 0.1) is 18.2 Å². The summed E-state index contributed by atoms with van der Waals surface area (Å²) in [5.74, 6) is -0.915. The third kappa shape index (κ3) is 4.15. The number of fused-ring (bicyclic) bond motifs is 1. The van der Waals surface area contributed by atoms with Crippen LogP contribution in [0.25, 0.3) is 16.5 Å². The highest BCUT2D eigenvalue weighted by atomic mass is 16.5. The van der Waals surface area contributed by atoms with Gasteiger partial charge in [-0.05, 0) is 59.2 Å². The van der Waals surface area contributed by atoms with Crippen LogP contribution in [-0.4, -0.2) is 33.3 Å². The summed E-state index contributed by atoms with van der Waals surface area (Å²) in [6.45, 7) is 2.60. The lowest BCUT2D eigenvalue weighted by Gasteiger charge is -2.26. The van der Waals surface area contributed by atoms with E-state index in [4.69, 9.17) is 4.74 Å². The van der Waals surface area contributed by atoms with Gasteiger partial charge in [-0.15, -0.1) is 0 Å². The topological polar surface area (TPSA) is 79.7 Å². The van der Waals surface area contributed by atoms with Crippen molar-refractivity contribution in [1.82, 2.24) is 9.88 Å². The number of pyridine rings is 1. The van der Waals surface area contributed by atoms with Crippen LogP contribution in [0.1, 0.15) is 29.7 Å². The summed E-state index contributed by atoms with van der Waals surface area (Å²) in [4.78, 5) is 32.3. The van der Waals surface area contributed by atoms with E-state index < -0.39 is 17.7 Å². The second kappa shape index (κ2) is 9.43. The molecule has 1 N–H and O–H groups in total. The average Bonchev–Trinajstić information content (AvgIpc) is 3.14. The Morgan fingerprint density at radius 2 is 1.74 bits per heavy atom. The number of hydrogen-bond acceptors (Lipinski definition) is 5. The van der Waals surface area contributed by atoms with Crippen LogP contribution in [0, 0.1) is 0 Å². The molecule has 1 fully saturated rings. The van der Waals surface area contributed by atoms with Crippen molar-refractivity contribution in [1.29, 1.82) is 0 Å². The fourth-order valence-electron chi connectivity index (χ4n) is 4.57. The maximum Gasteiger partial charge on any atom is 0.295 e. The van der Waals surface area contributed by atoms with Crippen LogP contribution >= 0.6 is 0 Å². The SMILES string of the molecule is CCOc1ccc(/C(O)=C2\C(=O)C(=O)N(Cc3cccnc3)[C@H]2c2cccc3ccccc23)cc1. The Bertz CT molecular complexity index is 1420. The summed E-state index contributed by atoms with van der Waals surface area (Å²) in [5, 5.41) is 13.2. The number of benzene rings is 3. The summed E-state index contributed by atoms with van der Waals surface area (Å²) in [7, 11) is 0. The molecule has 3 aromatic carbocycles. The number of amides is 1. The van der Waals surface area contributed by atoms with Crippen molar-refractivity contribution in [3.8, 4) is 5.75 Å². The van der Waals surface area contributed by atoms with Gasteiger partial charge in [-0.3, -0.25) is 14.6 Å². The molecule has 1 atom stereocenters. The molecule has 0 spiro atoms. The minimum absolute atomic E-state index is 0.0689. The summed E-state index contributed by atoms with van der Waals surface area (Å²) >= 11 is 0. The number of likely N-dealkylation sites (tertiary alicyclic amines) is 1. The van der Waals surface area contributed by atoms with Crippen molar-refractivity contribution < 1.29 is 19.4 Å². The number of ether oxygens (including phenoxy) is 1. The highest BCUT2D eigenvalue weighted by Gasteiger charge is 2.46. The lowest BCUT2D eigenvalue weighted by atomic mass is 9.91. The number of rotatable bonds is 6. The largest absolute Gasteiger partial charge is 0.507 e. The molecular weight excluding hydrogens is 440 g/mol. The minimum atomic E-state index is -0.757. The van der Waals surface area contributed by atoms with Gasteiger partial charge in [0.15, 0.2) is 0 Å². The Hall–Kier alpha value is -4.45. The molecule has 0 saturated carbocycles. The predicted octanol–water partition coefficient (Wildman–Crippen LogP) is 5.26. The lowest BCUT2D eigenvalue weighted by molar-refractivity contribution is -0.140. The van der Waals surface area contributed by atoms with E-state index in [0.29, 0.717) is 17.9 Å². The molecular formula is C29H24N2O4. The van der Waals surface area contributed by atoms with Crippen molar-refractivity contribution in [2.45, 2.75) is 19.5 Å². The maximum absolute atomic E-state index is 13.4. The zero-order valence-corrected chi connectivity index (χ0v) is 19.2. The zero-order valence-electron chi connectivity index (χ0n) is 19.2. The smallest absolute Gasteiger partial charge is 0.295 e. The van der Waals surface area contributed by atoms with Gasteiger partial charge in [0.25, 0.3) is 11.7 Å². The molecule has 2 heterocycles. The number of hydrogen-bond donors (Lipinski definition) is 1. The molecule has 1 aromatic heterocycles. The van der Waals surface area contributed by atoms with Crippen molar-refractivity contribution in [2.75, 3.05) is 6.61 Å². The quantitative estimate of drug-likeness (QED) is 0.239. The normalized spacial score (nSPS) is 17.2. The van der Waals surface area contributed by atoms with Gasteiger partial charge in [-0.1, -0.05) is 48.5 Å². The molecule has 6 heteroatoms. The van der Waals surface area contributed by atoms with Crippen molar-refractivity contribution in [3.63, 3.8) is 0 Å². The van der Waals surface area contributed by atoms with E-state index in [0.717, 1.165) is 21.9 Å². The van der Waals surface area contributed by atoms with Crippen molar-refractivity contribution in [3.05, 3.63) is 114 Å². The first-order valence-electron chi connectivity index (χ1n) is 11.5. The van der Waals surface area contributed by atoms with Gasteiger partial charge in [0.2, 0.25) is 0 Å². The van der Waals surface area contributed by atoms with E-state index in [1.165, 1.54) is 4.90 Å². The molecule has 0 bridgehead atoms. The number of carbonyl (C=O) groups is 2. The van der Waals surface area contributed by atoms with E-state index in [2.05, 4.69) is 4.98 Å². The predicted molar refractivity (Wildman–Crippen MR) is 134 cm³/mol. The van der Waals surface area contributed by atoms with Crippen LogP contribution in [0.15, 0.2) is 96.8 Å². The van der Waals surface area contributed by atoms with Gasteiger partial charge in [-0.25, -0.2) is 0 Å². The van der Waals surface area contributed by atoms with Gasteiger partial charge in [0.1, 0.15) is 11.5 Å². The van der Waals surface area contributed by atoms with E-state index in [-0.39, 0.29) is 17.9 Å². The Balaban J connectivity index is 1.69. The first kappa shape index (κ1) is 22.3. The zero-order chi connectivity index (χ0) is 24.4. The van der Waals surface area contributed by atoms with Crippen molar-refractivity contribution >= 4 is 28.2 Å². The molecule has 1 aliphatic heterocycles. The molecule has 4 aromatic rings. The first-order chi connectivity index (χ1) is 17.1. The molecule has 35 heavy (non-hydrogen) atoms. The molecule has 1 saturated heterocycles. The minimum Gasteiger partial charge on any atom is -0.507 e. The van der Waals surface area contributed by atoms with Gasteiger partial charge < -0.3 is 14.7 Å². The van der Waals surface area contributed by atoms with Crippen LogP contribution in [0.3, 0.4) is 0 Å². The average molecular weight is 465 g/mol. The van der Waals surface area contributed by atoms with Crippen LogP contribution in [-0.2, 0) is 16.1 Å². The third-order valence-electron chi connectivity index (χ3n) is 6.17. The number of Topliss-reactive ketones (excluding diaryl/α,β-unsaturated/α-hetero) is 1. The molecule has 0 radical (unpaired) electrons. The molecule has 174 valence electrons. The lowest BCUT2D eigenvalue weighted by Crippen LogP contribution is -2.29. The Morgan fingerprint density at radius 3 is 2.49 bits per heavy atom. The third-order valence-corrected chi connectivity index (χ3v) is 6.17. The van der Waals surface area contributed by atoms with E-state index >= 15 is 0 Å². The Morgan fingerprint density at radius 1 is 0.971 bits per heavy atom. The molecule has 0 aliphatic carbocycles. The van der Waals surface area contributed by atoms with Crippen LogP contribution in [0.5, 0.6) is 5.75 Å². The monoisotopic (exact) mass is 464 g/mol. The summed E-state index contributed by atoms with van der Waals surface area (Å²) in [5.41, 5.74) is 2.08. The molecule has 1 aliphatic rings. The molecule has 6 nitrogen and oxygen atoms in total. The fourth-order valence-corrected chi connectivity index (χ4v) is 4.57. The summed E-state index contributed by atoms with van der Waals surface area (Å²) < 4.78 is 5.49.